The van der Waals surface area contributed by atoms with E-state index in [1.54, 1.807) is 12.1 Å². The number of aromatic hydroxyl groups is 2. The Bertz CT molecular complexity index is 396. The van der Waals surface area contributed by atoms with Crippen molar-refractivity contribution in [3.63, 3.8) is 0 Å². The molecule has 0 spiro atoms. The van der Waals surface area contributed by atoms with E-state index in [0.29, 0.717) is 5.92 Å². The molecule has 0 saturated carbocycles. The normalized spacial score (nSPS) is 21.5. The van der Waals surface area contributed by atoms with Crippen LogP contribution in [0.3, 0.4) is 0 Å². The van der Waals surface area contributed by atoms with E-state index in [0.717, 1.165) is 25.2 Å². The molecule has 0 radical (unpaired) electrons. The molecule has 1 aromatic carbocycles. The van der Waals surface area contributed by atoms with Crippen molar-refractivity contribution in [2.45, 2.75) is 25.8 Å². The maximum atomic E-state index is 9.56. The summed E-state index contributed by atoms with van der Waals surface area (Å²) in [6.45, 7) is 5.35. The molecule has 1 aromatic rings. The lowest BCUT2D eigenvalue weighted by atomic mass is 9.97. The number of rotatable bonds is 4. The molecule has 0 amide bonds. The Morgan fingerprint density at radius 2 is 2.00 bits per heavy atom. The first-order valence-corrected chi connectivity index (χ1v) is 7.00. The molecule has 1 saturated heterocycles. The van der Waals surface area contributed by atoms with Gasteiger partial charge in [0, 0.05) is 18.7 Å². The fourth-order valence-electron chi connectivity index (χ4n) is 2.76. The van der Waals surface area contributed by atoms with Gasteiger partial charge in [0.2, 0.25) is 0 Å². The maximum Gasteiger partial charge on any atom is 0.119 e. The number of benzene rings is 1. The van der Waals surface area contributed by atoms with Gasteiger partial charge in [0.25, 0.3) is 0 Å². The van der Waals surface area contributed by atoms with Gasteiger partial charge in [-0.05, 0) is 63.5 Å². The van der Waals surface area contributed by atoms with E-state index in [1.165, 1.54) is 18.9 Å². The molecule has 19 heavy (non-hydrogen) atoms. The van der Waals surface area contributed by atoms with Gasteiger partial charge >= 0.3 is 0 Å². The number of phenols is 2. The molecule has 1 aliphatic rings. The SMILES string of the molecule is CC(c1cc(O)cc(O)c1)N(C)CC1CCCNC1. The van der Waals surface area contributed by atoms with Crippen molar-refractivity contribution < 1.29 is 10.2 Å². The summed E-state index contributed by atoms with van der Waals surface area (Å²) in [5, 5.41) is 22.5. The van der Waals surface area contributed by atoms with E-state index >= 15 is 0 Å². The van der Waals surface area contributed by atoms with Crippen molar-refractivity contribution in [1.82, 2.24) is 10.2 Å². The lowest BCUT2D eigenvalue weighted by Crippen LogP contribution is -2.37. The Hall–Kier alpha value is -1.26. The summed E-state index contributed by atoms with van der Waals surface area (Å²) in [5.41, 5.74) is 0.948. The van der Waals surface area contributed by atoms with E-state index in [-0.39, 0.29) is 17.5 Å². The van der Waals surface area contributed by atoms with Crippen LogP contribution < -0.4 is 5.32 Å². The summed E-state index contributed by atoms with van der Waals surface area (Å²) in [7, 11) is 2.10. The molecule has 0 aromatic heterocycles. The molecule has 2 atom stereocenters. The third-order valence-electron chi connectivity index (χ3n) is 4.01. The summed E-state index contributed by atoms with van der Waals surface area (Å²) >= 11 is 0. The maximum absolute atomic E-state index is 9.56. The van der Waals surface area contributed by atoms with Crippen LogP contribution in [0.5, 0.6) is 11.5 Å². The van der Waals surface area contributed by atoms with Crippen LogP contribution in [0.15, 0.2) is 18.2 Å². The van der Waals surface area contributed by atoms with Gasteiger partial charge in [-0.1, -0.05) is 0 Å². The molecule has 2 unspecified atom stereocenters. The van der Waals surface area contributed by atoms with E-state index < -0.39 is 0 Å². The second kappa shape index (κ2) is 6.26. The number of nitrogens with zero attached hydrogens (tertiary/aromatic N) is 1. The van der Waals surface area contributed by atoms with Crippen molar-refractivity contribution in [3.8, 4) is 11.5 Å². The van der Waals surface area contributed by atoms with Crippen LogP contribution in [0.25, 0.3) is 0 Å². The van der Waals surface area contributed by atoms with Gasteiger partial charge in [-0.25, -0.2) is 0 Å². The Morgan fingerprint density at radius 3 is 2.58 bits per heavy atom. The molecule has 0 aliphatic carbocycles. The summed E-state index contributed by atoms with van der Waals surface area (Å²) in [6.07, 6.45) is 2.52. The molecule has 1 aliphatic heterocycles. The monoisotopic (exact) mass is 264 g/mol. The second-order valence-electron chi connectivity index (χ2n) is 5.61. The fourth-order valence-corrected chi connectivity index (χ4v) is 2.76. The van der Waals surface area contributed by atoms with Crippen LogP contribution in [0.2, 0.25) is 0 Å². The van der Waals surface area contributed by atoms with Gasteiger partial charge in [0.15, 0.2) is 0 Å². The first-order valence-electron chi connectivity index (χ1n) is 7.00. The molecular formula is C15H24N2O2. The van der Waals surface area contributed by atoms with E-state index in [4.69, 9.17) is 0 Å². The van der Waals surface area contributed by atoms with Crippen molar-refractivity contribution in [2.75, 3.05) is 26.7 Å². The van der Waals surface area contributed by atoms with Crippen LogP contribution in [0, 0.1) is 5.92 Å². The molecule has 3 N–H and O–H groups in total. The molecule has 0 bridgehead atoms. The van der Waals surface area contributed by atoms with Crippen molar-refractivity contribution in [3.05, 3.63) is 23.8 Å². The standard InChI is InChI=1S/C15H24N2O2/c1-11(13-6-14(18)8-15(19)7-13)17(2)10-12-4-3-5-16-9-12/h6-8,11-12,16,18-19H,3-5,9-10H2,1-2H3. The molecular weight excluding hydrogens is 240 g/mol. The molecule has 106 valence electrons. The molecule has 1 heterocycles. The third-order valence-corrected chi connectivity index (χ3v) is 4.01. The predicted octanol–water partition coefficient (Wildman–Crippen LogP) is 2.09. The van der Waals surface area contributed by atoms with E-state index in [2.05, 4.69) is 24.2 Å². The van der Waals surface area contributed by atoms with E-state index in [9.17, 15) is 10.2 Å². The highest BCUT2D eigenvalue weighted by atomic mass is 16.3. The zero-order chi connectivity index (χ0) is 13.8. The first kappa shape index (κ1) is 14.2. The number of phenolic OH excluding ortho intramolecular Hbond substituents is 2. The van der Waals surface area contributed by atoms with Gasteiger partial charge in [-0.15, -0.1) is 0 Å². The number of piperidine rings is 1. The highest BCUT2D eigenvalue weighted by Gasteiger charge is 2.19. The minimum Gasteiger partial charge on any atom is -0.508 e. The highest BCUT2D eigenvalue weighted by molar-refractivity contribution is 5.37. The second-order valence-corrected chi connectivity index (χ2v) is 5.61. The summed E-state index contributed by atoms with van der Waals surface area (Å²) in [4.78, 5) is 2.28. The van der Waals surface area contributed by atoms with Crippen molar-refractivity contribution in [1.29, 1.82) is 0 Å². The average molecular weight is 264 g/mol. The number of nitrogens with one attached hydrogen (secondary N) is 1. The Labute approximate surface area is 115 Å². The third kappa shape index (κ3) is 3.85. The lowest BCUT2D eigenvalue weighted by molar-refractivity contribution is 0.199. The van der Waals surface area contributed by atoms with Crippen LogP contribution in [0.1, 0.15) is 31.4 Å². The largest absolute Gasteiger partial charge is 0.508 e. The Kier molecular flexibility index (Phi) is 4.66. The predicted molar refractivity (Wildman–Crippen MR) is 76.4 cm³/mol. The van der Waals surface area contributed by atoms with Gasteiger partial charge < -0.3 is 15.5 Å². The average Bonchev–Trinajstić information content (AvgIpc) is 2.37. The van der Waals surface area contributed by atoms with Gasteiger partial charge in [-0.2, -0.15) is 0 Å². The van der Waals surface area contributed by atoms with E-state index in [1.807, 2.05) is 0 Å². The van der Waals surface area contributed by atoms with Crippen LogP contribution in [-0.2, 0) is 0 Å². The van der Waals surface area contributed by atoms with Gasteiger partial charge in [-0.3, -0.25) is 4.90 Å². The minimum absolute atomic E-state index is 0.120. The minimum atomic E-state index is 0.120. The smallest absolute Gasteiger partial charge is 0.119 e. The quantitative estimate of drug-likeness (QED) is 0.779. The van der Waals surface area contributed by atoms with Crippen molar-refractivity contribution >= 4 is 0 Å². The summed E-state index contributed by atoms with van der Waals surface area (Å²) in [6, 6.07) is 4.99. The summed E-state index contributed by atoms with van der Waals surface area (Å²) < 4.78 is 0. The zero-order valence-electron chi connectivity index (χ0n) is 11.8. The zero-order valence-corrected chi connectivity index (χ0v) is 11.8. The summed E-state index contributed by atoms with van der Waals surface area (Å²) in [5.74, 6) is 0.927. The first-order chi connectivity index (χ1) is 9.06. The topological polar surface area (TPSA) is 55.7 Å². The van der Waals surface area contributed by atoms with Crippen LogP contribution >= 0.6 is 0 Å². The van der Waals surface area contributed by atoms with Crippen LogP contribution in [0.4, 0.5) is 0 Å². The molecule has 2 rings (SSSR count). The Balaban J connectivity index is 1.99. The lowest BCUT2D eigenvalue weighted by Gasteiger charge is -2.31. The van der Waals surface area contributed by atoms with Gasteiger partial charge in [0.05, 0.1) is 0 Å². The number of hydrogen-bond acceptors (Lipinski definition) is 4. The van der Waals surface area contributed by atoms with Gasteiger partial charge in [0.1, 0.15) is 11.5 Å². The fraction of sp³-hybridized carbons (Fsp3) is 0.600. The molecule has 4 heteroatoms. The molecule has 1 fully saturated rings. The number of hydrogen-bond donors (Lipinski definition) is 3. The van der Waals surface area contributed by atoms with Crippen molar-refractivity contribution in [2.24, 2.45) is 5.92 Å². The Morgan fingerprint density at radius 1 is 1.32 bits per heavy atom. The van der Waals surface area contributed by atoms with Crippen LogP contribution in [-0.4, -0.2) is 41.8 Å². The molecule has 4 nitrogen and oxygen atoms in total. The highest BCUT2D eigenvalue weighted by Crippen LogP contribution is 2.28.